The van der Waals surface area contributed by atoms with Gasteiger partial charge in [-0.15, -0.1) is 10.2 Å². The molecule has 154 valence electrons. The van der Waals surface area contributed by atoms with Crippen LogP contribution in [0.5, 0.6) is 5.88 Å². The van der Waals surface area contributed by atoms with E-state index >= 15 is 0 Å². The summed E-state index contributed by atoms with van der Waals surface area (Å²) in [5, 5.41) is 9.22. The van der Waals surface area contributed by atoms with Crippen LogP contribution in [0, 0.1) is 5.82 Å². The van der Waals surface area contributed by atoms with E-state index in [4.69, 9.17) is 16.3 Å². The fourth-order valence-corrected chi connectivity index (χ4v) is 3.80. The Hall–Kier alpha value is -2.71. The first kappa shape index (κ1) is 20.6. The maximum atomic E-state index is 14.2. The standard InChI is InChI=1S/C21H18ClFN4O2S/c1-3-5-17(28)27-16-9-8-14(23)11-15(16)18-19(24-21(30-2)26-25-18)29-20(27)12-6-4-7-13(22)10-12/h4,6-11,20H,3,5H2,1-2H3. The summed E-state index contributed by atoms with van der Waals surface area (Å²) in [7, 11) is 0. The van der Waals surface area contributed by atoms with Gasteiger partial charge >= 0.3 is 0 Å². The van der Waals surface area contributed by atoms with Crippen molar-refractivity contribution in [2.24, 2.45) is 0 Å². The summed E-state index contributed by atoms with van der Waals surface area (Å²) in [5.74, 6) is -0.446. The average molecular weight is 445 g/mol. The number of nitrogens with zero attached hydrogens (tertiary/aromatic N) is 4. The SMILES string of the molecule is CCCC(=O)N1c2ccc(F)cc2-c2nnc(SC)nc2OC1c1cccc(Cl)c1. The molecule has 9 heteroatoms. The van der Waals surface area contributed by atoms with Gasteiger partial charge in [-0.3, -0.25) is 9.69 Å². The van der Waals surface area contributed by atoms with E-state index in [9.17, 15) is 9.18 Å². The van der Waals surface area contributed by atoms with E-state index in [2.05, 4.69) is 15.2 Å². The summed E-state index contributed by atoms with van der Waals surface area (Å²) in [5.41, 5.74) is 1.82. The van der Waals surface area contributed by atoms with Gasteiger partial charge in [0.15, 0.2) is 5.69 Å². The molecule has 0 fully saturated rings. The van der Waals surface area contributed by atoms with Crippen molar-refractivity contribution in [3.63, 3.8) is 0 Å². The second-order valence-electron chi connectivity index (χ2n) is 6.65. The molecule has 1 amide bonds. The van der Waals surface area contributed by atoms with E-state index in [-0.39, 0.29) is 17.5 Å². The monoisotopic (exact) mass is 444 g/mol. The molecule has 0 saturated heterocycles. The van der Waals surface area contributed by atoms with Crippen molar-refractivity contribution in [3.8, 4) is 17.1 Å². The van der Waals surface area contributed by atoms with Crippen molar-refractivity contribution >= 4 is 35.0 Å². The number of halogens is 2. The average Bonchev–Trinajstić information content (AvgIpc) is 2.87. The van der Waals surface area contributed by atoms with E-state index in [0.717, 1.165) is 0 Å². The van der Waals surface area contributed by atoms with E-state index in [1.165, 1.54) is 28.8 Å². The lowest BCUT2D eigenvalue weighted by atomic mass is 10.1. The number of aromatic nitrogens is 3. The lowest BCUT2D eigenvalue weighted by Crippen LogP contribution is -2.37. The maximum absolute atomic E-state index is 14.2. The Morgan fingerprint density at radius 2 is 2.10 bits per heavy atom. The minimum absolute atomic E-state index is 0.166. The number of carbonyl (C=O) groups is 1. The number of ether oxygens (including phenoxy) is 1. The highest BCUT2D eigenvalue weighted by atomic mass is 35.5. The molecule has 4 rings (SSSR count). The van der Waals surface area contributed by atoms with Gasteiger partial charge in [-0.05, 0) is 43.0 Å². The zero-order valence-corrected chi connectivity index (χ0v) is 17.9. The van der Waals surface area contributed by atoms with E-state index in [0.29, 0.717) is 39.8 Å². The summed E-state index contributed by atoms with van der Waals surface area (Å²) in [6, 6.07) is 11.3. The fraction of sp³-hybridized carbons (Fsp3) is 0.238. The minimum atomic E-state index is -0.848. The Morgan fingerprint density at radius 1 is 1.27 bits per heavy atom. The molecule has 1 aromatic heterocycles. The number of amides is 1. The van der Waals surface area contributed by atoms with Gasteiger partial charge in [-0.25, -0.2) is 4.39 Å². The third-order valence-electron chi connectivity index (χ3n) is 4.62. The number of fused-ring (bicyclic) bond motifs is 3. The lowest BCUT2D eigenvalue weighted by Gasteiger charge is -2.31. The van der Waals surface area contributed by atoms with Crippen molar-refractivity contribution in [2.45, 2.75) is 31.1 Å². The summed E-state index contributed by atoms with van der Waals surface area (Å²) >= 11 is 7.52. The number of anilines is 1. The number of carbonyl (C=O) groups excluding carboxylic acids is 1. The third-order valence-corrected chi connectivity index (χ3v) is 5.39. The van der Waals surface area contributed by atoms with Crippen LogP contribution in [-0.2, 0) is 4.79 Å². The molecule has 1 aliphatic heterocycles. The van der Waals surface area contributed by atoms with Crippen LogP contribution in [0.15, 0.2) is 47.6 Å². The van der Waals surface area contributed by atoms with Crippen LogP contribution in [0.1, 0.15) is 31.6 Å². The van der Waals surface area contributed by atoms with Crippen molar-refractivity contribution in [1.82, 2.24) is 15.2 Å². The summed E-state index contributed by atoms with van der Waals surface area (Å²) in [4.78, 5) is 19.2. The normalized spacial score (nSPS) is 15.1. The quantitative estimate of drug-likeness (QED) is 0.510. The van der Waals surface area contributed by atoms with Crippen molar-refractivity contribution in [3.05, 3.63) is 58.9 Å². The Labute approximate surface area is 182 Å². The number of benzene rings is 2. The Balaban J connectivity index is 1.99. The summed E-state index contributed by atoms with van der Waals surface area (Å²) < 4.78 is 20.4. The molecule has 3 aromatic rings. The van der Waals surface area contributed by atoms with Crippen LogP contribution >= 0.6 is 23.4 Å². The van der Waals surface area contributed by atoms with Crippen LogP contribution in [0.25, 0.3) is 11.3 Å². The molecular weight excluding hydrogens is 427 g/mol. The van der Waals surface area contributed by atoms with Gasteiger partial charge < -0.3 is 4.74 Å². The van der Waals surface area contributed by atoms with Gasteiger partial charge in [-0.2, -0.15) is 4.98 Å². The highest BCUT2D eigenvalue weighted by molar-refractivity contribution is 7.98. The van der Waals surface area contributed by atoms with Crippen molar-refractivity contribution < 1.29 is 13.9 Å². The molecule has 1 aliphatic rings. The molecular formula is C21H18ClFN4O2S. The number of hydrogen-bond acceptors (Lipinski definition) is 6. The molecule has 6 nitrogen and oxygen atoms in total. The number of hydrogen-bond donors (Lipinski definition) is 0. The van der Waals surface area contributed by atoms with Gasteiger partial charge in [0.05, 0.1) is 5.69 Å². The van der Waals surface area contributed by atoms with Crippen molar-refractivity contribution in [1.29, 1.82) is 0 Å². The number of rotatable bonds is 4. The van der Waals surface area contributed by atoms with E-state index in [1.54, 1.807) is 24.3 Å². The molecule has 0 saturated carbocycles. The first-order chi connectivity index (χ1) is 14.5. The first-order valence-corrected chi connectivity index (χ1v) is 10.9. The Bertz CT molecular complexity index is 1110. The zero-order chi connectivity index (χ0) is 21.3. The van der Waals surface area contributed by atoms with E-state index in [1.807, 2.05) is 19.2 Å². The zero-order valence-electron chi connectivity index (χ0n) is 16.3. The molecule has 0 spiro atoms. The second kappa shape index (κ2) is 8.57. The topological polar surface area (TPSA) is 68.2 Å². The van der Waals surface area contributed by atoms with Gasteiger partial charge in [0.25, 0.3) is 0 Å². The largest absolute Gasteiger partial charge is 0.447 e. The van der Waals surface area contributed by atoms with Gasteiger partial charge in [0.1, 0.15) is 5.82 Å². The summed E-state index contributed by atoms with van der Waals surface area (Å²) in [6.07, 6.45) is 1.91. The molecule has 2 heterocycles. The molecule has 2 aromatic carbocycles. The molecule has 0 bridgehead atoms. The highest BCUT2D eigenvalue weighted by Crippen LogP contribution is 2.44. The minimum Gasteiger partial charge on any atom is -0.447 e. The molecule has 1 unspecified atom stereocenters. The molecule has 30 heavy (non-hydrogen) atoms. The molecule has 0 N–H and O–H groups in total. The summed E-state index contributed by atoms with van der Waals surface area (Å²) in [6.45, 7) is 1.92. The predicted molar refractivity (Wildman–Crippen MR) is 114 cm³/mol. The van der Waals surface area contributed by atoms with Gasteiger partial charge in [0, 0.05) is 22.6 Å². The second-order valence-corrected chi connectivity index (χ2v) is 7.86. The smallest absolute Gasteiger partial charge is 0.247 e. The van der Waals surface area contributed by atoms with Crippen LogP contribution in [-0.4, -0.2) is 27.3 Å². The van der Waals surface area contributed by atoms with Gasteiger partial charge in [0.2, 0.25) is 23.2 Å². The lowest BCUT2D eigenvalue weighted by molar-refractivity contribution is -0.120. The third kappa shape index (κ3) is 3.85. The van der Waals surface area contributed by atoms with Crippen molar-refractivity contribution in [2.75, 3.05) is 11.2 Å². The fourth-order valence-electron chi connectivity index (χ4n) is 3.30. The highest BCUT2D eigenvalue weighted by Gasteiger charge is 2.36. The number of thioether (sulfide) groups is 1. The van der Waals surface area contributed by atoms with Gasteiger partial charge in [-0.1, -0.05) is 42.4 Å². The predicted octanol–water partition coefficient (Wildman–Crippen LogP) is 5.28. The molecule has 0 aliphatic carbocycles. The van der Waals surface area contributed by atoms with Crippen LogP contribution in [0.2, 0.25) is 5.02 Å². The maximum Gasteiger partial charge on any atom is 0.247 e. The first-order valence-electron chi connectivity index (χ1n) is 9.34. The van der Waals surface area contributed by atoms with Crippen LogP contribution in [0.3, 0.4) is 0 Å². The Kier molecular flexibility index (Phi) is 5.87. The Morgan fingerprint density at radius 3 is 2.83 bits per heavy atom. The molecule has 0 radical (unpaired) electrons. The molecule has 1 atom stereocenters. The van der Waals surface area contributed by atoms with E-state index < -0.39 is 12.0 Å². The van der Waals surface area contributed by atoms with Crippen LogP contribution in [0.4, 0.5) is 10.1 Å². The van der Waals surface area contributed by atoms with Crippen LogP contribution < -0.4 is 9.64 Å².